The van der Waals surface area contributed by atoms with E-state index in [0.29, 0.717) is 5.82 Å². The Morgan fingerprint density at radius 1 is 1.15 bits per heavy atom. The summed E-state index contributed by atoms with van der Waals surface area (Å²) in [4.78, 5) is 8.38. The Labute approximate surface area is 118 Å². The normalized spacial score (nSPS) is 12.7. The van der Waals surface area contributed by atoms with E-state index >= 15 is 0 Å². The number of aryl methyl sites for hydroxylation is 2. The van der Waals surface area contributed by atoms with Gasteiger partial charge in [-0.3, -0.25) is 0 Å². The summed E-state index contributed by atoms with van der Waals surface area (Å²) in [6, 6.07) is 0.0352. The second-order valence-corrected chi connectivity index (χ2v) is 5.28. The molecule has 108 valence electrons. The molecule has 0 saturated heterocycles. The van der Waals surface area contributed by atoms with Gasteiger partial charge >= 0.3 is 0 Å². The Hall–Kier alpha value is -2.11. The van der Waals surface area contributed by atoms with Crippen molar-refractivity contribution < 1.29 is 4.52 Å². The van der Waals surface area contributed by atoms with E-state index in [9.17, 15) is 0 Å². The van der Waals surface area contributed by atoms with Crippen molar-refractivity contribution in [1.82, 2.24) is 15.1 Å². The third-order valence-electron chi connectivity index (χ3n) is 3.37. The van der Waals surface area contributed by atoms with Crippen molar-refractivity contribution >= 4 is 11.6 Å². The number of rotatable bonds is 4. The molecule has 0 fully saturated rings. The minimum Gasteiger partial charge on any atom is -0.383 e. The number of hydrogen-bond donors (Lipinski definition) is 2. The molecular formula is C14H21N5O. The maximum atomic E-state index is 5.95. The van der Waals surface area contributed by atoms with Crippen molar-refractivity contribution in [2.24, 2.45) is 0 Å². The van der Waals surface area contributed by atoms with Gasteiger partial charge in [-0.25, -0.2) is 9.97 Å². The molecule has 0 saturated carbocycles. The van der Waals surface area contributed by atoms with Crippen LogP contribution in [-0.2, 0) is 0 Å². The molecule has 2 aromatic rings. The summed E-state index contributed by atoms with van der Waals surface area (Å²) >= 11 is 0. The number of hydrogen-bond acceptors (Lipinski definition) is 6. The first kappa shape index (κ1) is 14.3. The first-order valence-corrected chi connectivity index (χ1v) is 6.71. The zero-order valence-electron chi connectivity index (χ0n) is 12.6. The zero-order chi connectivity index (χ0) is 14.9. The Balaban J connectivity index is 2.33. The summed E-state index contributed by atoms with van der Waals surface area (Å²) in [7, 11) is 0. The summed E-state index contributed by atoms with van der Waals surface area (Å²) in [5.41, 5.74) is 8.83. The predicted octanol–water partition coefficient (Wildman–Crippen LogP) is 2.96. The van der Waals surface area contributed by atoms with Crippen molar-refractivity contribution in [1.29, 1.82) is 0 Å². The lowest BCUT2D eigenvalue weighted by Crippen LogP contribution is -2.13. The maximum Gasteiger partial charge on any atom is 0.139 e. The molecule has 0 bridgehead atoms. The van der Waals surface area contributed by atoms with Crippen LogP contribution in [0.2, 0.25) is 0 Å². The highest BCUT2D eigenvalue weighted by molar-refractivity contribution is 5.57. The third kappa shape index (κ3) is 2.59. The van der Waals surface area contributed by atoms with E-state index in [1.807, 2.05) is 13.8 Å². The van der Waals surface area contributed by atoms with Gasteiger partial charge < -0.3 is 15.6 Å². The lowest BCUT2D eigenvalue weighted by molar-refractivity contribution is 0.392. The molecule has 0 amide bonds. The lowest BCUT2D eigenvalue weighted by Gasteiger charge is -2.19. The van der Waals surface area contributed by atoms with Gasteiger partial charge in [0.15, 0.2) is 0 Å². The first-order chi connectivity index (χ1) is 9.41. The molecule has 1 atom stereocenters. The van der Waals surface area contributed by atoms with Crippen LogP contribution in [0, 0.1) is 13.8 Å². The molecular weight excluding hydrogens is 254 g/mol. The van der Waals surface area contributed by atoms with Crippen molar-refractivity contribution in [3.8, 4) is 0 Å². The van der Waals surface area contributed by atoms with Gasteiger partial charge in [-0.05, 0) is 26.7 Å². The van der Waals surface area contributed by atoms with Gasteiger partial charge in [-0.1, -0.05) is 19.0 Å². The van der Waals surface area contributed by atoms with E-state index in [1.54, 1.807) is 0 Å². The van der Waals surface area contributed by atoms with Gasteiger partial charge in [0.1, 0.15) is 23.7 Å². The number of nitrogen functional groups attached to an aromatic ring is 1. The highest BCUT2D eigenvalue weighted by Gasteiger charge is 2.19. The Bertz CT molecular complexity index is 586. The number of aromatic nitrogens is 3. The molecule has 2 aromatic heterocycles. The maximum absolute atomic E-state index is 5.95. The van der Waals surface area contributed by atoms with E-state index < -0.39 is 0 Å². The van der Waals surface area contributed by atoms with E-state index in [4.69, 9.17) is 10.3 Å². The van der Waals surface area contributed by atoms with E-state index in [-0.39, 0.29) is 12.0 Å². The largest absolute Gasteiger partial charge is 0.383 e. The van der Waals surface area contributed by atoms with Gasteiger partial charge in [0.05, 0.1) is 11.7 Å². The standard InChI is InChI=1S/C14H21N5O/c1-7(2)11-13(15)16-6-17-14(11)18-8(3)12-9(4)19-20-10(12)5/h6-8H,1-5H3,(H3,15,16,17,18). The van der Waals surface area contributed by atoms with Crippen molar-refractivity contribution in [3.05, 3.63) is 28.9 Å². The fourth-order valence-corrected chi connectivity index (χ4v) is 2.48. The van der Waals surface area contributed by atoms with E-state index in [0.717, 1.165) is 28.4 Å². The second kappa shape index (κ2) is 5.48. The van der Waals surface area contributed by atoms with Crippen LogP contribution in [0.15, 0.2) is 10.9 Å². The molecule has 0 aromatic carbocycles. The average molecular weight is 275 g/mol. The van der Waals surface area contributed by atoms with E-state index in [1.165, 1.54) is 6.33 Å². The molecule has 2 rings (SSSR count). The van der Waals surface area contributed by atoms with Crippen molar-refractivity contribution in [2.75, 3.05) is 11.1 Å². The number of nitrogens with two attached hydrogens (primary N) is 1. The quantitative estimate of drug-likeness (QED) is 0.891. The number of nitrogens with one attached hydrogen (secondary N) is 1. The van der Waals surface area contributed by atoms with Crippen LogP contribution >= 0.6 is 0 Å². The van der Waals surface area contributed by atoms with Gasteiger partial charge in [-0.15, -0.1) is 0 Å². The smallest absolute Gasteiger partial charge is 0.139 e. The van der Waals surface area contributed by atoms with Crippen LogP contribution in [-0.4, -0.2) is 15.1 Å². The highest BCUT2D eigenvalue weighted by atomic mass is 16.5. The molecule has 0 radical (unpaired) electrons. The molecule has 0 aliphatic heterocycles. The molecule has 2 heterocycles. The minimum absolute atomic E-state index is 0.0352. The summed E-state index contributed by atoms with van der Waals surface area (Å²) in [6.45, 7) is 10.0. The van der Waals surface area contributed by atoms with Gasteiger partial charge in [0, 0.05) is 11.1 Å². The topological polar surface area (TPSA) is 89.9 Å². The summed E-state index contributed by atoms with van der Waals surface area (Å²) in [5, 5.41) is 7.37. The van der Waals surface area contributed by atoms with E-state index in [2.05, 4.69) is 41.2 Å². The predicted molar refractivity (Wildman–Crippen MR) is 78.5 cm³/mol. The monoisotopic (exact) mass is 275 g/mol. The summed E-state index contributed by atoms with van der Waals surface area (Å²) < 4.78 is 5.21. The van der Waals surface area contributed by atoms with Crippen LogP contribution in [0.5, 0.6) is 0 Å². The molecule has 6 heteroatoms. The molecule has 20 heavy (non-hydrogen) atoms. The number of anilines is 2. The number of nitrogens with zero attached hydrogens (tertiary/aromatic N) is 3. The highest BCUT2D eigenvalue weighted by Crippen LogP contribution is 2.30. The average Bonchev–Trinajstić information content (AvgIpc) is 2.68. The minimum atomic E-state index is 0.0352. The summed E-state index contributed by atoms with van der Waals surface area (Å²) in [5.74, 6) is 2.34. The second-order valence-electron chi connectivity index (χ2n) is 5.28. The first-order valence-electron chi connectivity index (χ1n) is 6.71. The van der Waals surface area contributed by atoms with Gasteiger partial charge in [-0.2, -0.15) is 0 Å². The fraction of sp³-hybridized carbons (Fsp3) is 0.500. The van der Waals surface area contributed by atoms with Crippen molar-refractivity contribution in [2.45, 2.75) is 46.6 Å². The molecule has 0 aliphatic rings. The fourth-order valence-electron chi connectivity index (χ4n) is 2.48. The Morgan fingerprint density at radius 2 is 1.85 bits per heavy atom. The SMILES string of the molecule is Cc1noc(C)c1C(C)Nc1ncnc(N)c1C(C)C. The third-order valence-corrected chi connectivity index (χ3v) is 3.37. The lowest BCUT2D eigenvalue weighted by atomic mass is 10.0. The van der Waals surface area contributed by atoms with Crippen LogP contribution in [0.25, 0.3) is 0 Å². The molecule has 1 unspecified atom stereocenters. The van der Waals surface area contributed by atoms with Crippen LogP contribution in [0.4, 0.5) is 11.6 Å². The van der Waals surface area contributed by atoms with Crippen LogP contribution in [0.3, 0.4) is 0 Å². The van der Waals surface area contributed by atoms with Gasteiger partial charge in [0.2, 0.25) is 0 Å². The molecule has 6 nitrogen and oxygen atoms in total. The Morgan fingerprint density at radius 3 is 2.40 bits per heavy atom. The van der Waals surface area contributed by atoms with Crippen LogP contribution in [0.1, 0.15) is 55.3 Å². The van der Waals surface area contributed by atoms with Crippen LogP contribution < -0.4 is 11.1 Å². The van der Waals surface area contributed by atoms with Crippen molar-refractivity contribution in [3.63, 3.8) is 0 Å². The molecule has 0 aliphatic carbocycles. The Kier molecular flexibility index (Phi) is 3.92. The summed E-state index contributed by atoms with van der Waals surface area (Å²) in [6.07, 6.45) is 1.48. The zero-order valence-corrected chi connectivity index (χ0v) is 12.6. The molecule has 3 N–H and O–H groups in total. The molecule has 0 spiro atoms. The van der Waals surface area contributed by atoms with Gasteiger partial charge in [0.25, 0.3) is 0 Å².